The summed E-state index contributed by atoms with van der Waals surface area (Å²) in [7, 11) is 1.77. The number of thioether (sulfide) groups is 1. The molecule has 0 radical (unpaired) electrons. The topological polar surface area (TPSA) is 29.5 Å². The van der Waals surface area contributed by atoms with Crippen LogP contribution in [-0.4, -0.2) is 37.3 Å². The Bertz CT molecular complexity index is 614. The summed E-state index contributed by atoms with van der Waals surface area (Å²) in [6.45, 7) is 0.957. The van der Waals surface area contributed by atoms with Crippen LogP contribution in [0.15, 0.2) is 53.4 Å². The third kappa shape index (κ3) is 4.68. The first-order chi connectivity index (χ1) is 10.6. The zero-order chi connectivity index (χ0) is 15.9. The van der Waals surface area contributed by atoms with Crippen molar-refractivity contribution in [1.29, 1.82) is 0 Å². The summed E-state index contributed by atoms with van der Waals surface area (Å²) in [4.78, 5) is 15.1. The lowest BCUT2D eigenvalue weighted by atomic mass is 10.2. The maximum atomic E-state index is 12.3. The summed E-state index contributed by atoms with van der Waals surface area (Å²) in [5.74, 6) is 0.738. The van der Waals surface area contributed by atoms with Crippen molar-refractivity contribution < 1.29 is 9.53 Å². The second-order valence-corrected chi connectivity index (χ2v) is 6.07. The maximum absolute atomic E-state index is 12.3. The quantitative estimate of drug-likeness (QED) is 0.740. The smallest absolute Gasteiger partial charge is 0.253 e. The van der Waals surface area contributed by atoms with E-state index < -0.39 is 0 Å². The number of hydrogen-bond acceptors (Lipinski definition) is 3. The molecule has 0 atom stereocenters. The fourth-order valence-electron chi connectivity index (χ4n) is 1.89. The lowest BCUT2D eigenvalue weighted by Gasteiger charge is -2.17. The molecule has 0 heterocycles. The molecule has 1 amide bonds. The first kappa shape index (κ1) is 16.7. The highest BCUT2D eigenvalue weighted by Crippen LogP contribution is 2.16. The zero-order valence-corrected chi connectivity index (χ0v) is 14.2. The molecule has 2 aromatic rings. The van der Waals surface area contributed by atoms with Gasteiger partial charge in [0.2, 0.25) is 0 Å². The maximum Gasteiger partial charge on any atom is 0.253 e. The van der Waals surface area contributed by atoms with E-state index in [1.54, 1.807) is 35.8 Å². The number of rotatable bonds is 6. The SMILES string of the molecule is CSc1ccc(C(=O)N(C)CCOc2ccc(Cl)cc2)cc1. The normalized spacial score (nSPS) is 10.3. The summed E-state index contributed by atoms with van der Waals surface area (Å²) in [6.07, 6.45) is 2.01. The number of nitrogens with zero attached hydrogens (tertiary/aromatic N) is 1. The number of likely N-dealkylation sites (N-methyl/N-ethyl adjacent to an activating group) is 1. The van der Waals surface area contributed by atoms with Gasteiger partial charge in [0.15, 0.2) is 0 Å². The predicted molar refractivity (Wildman–Crippen MR) is 92.1 cm³/mol. The van der Waals surface area contributed by atoms with Crippen LogP contribution in [0.1, 0.15) is 10.4 Å². The Hall–Kier alpha value is -1.65. The second kappa shape index (κ2) is 8.11. The number of halogens is 1. The molecule has 2 aromatic carbocycles. The van der Waals surface area contributed by atoms with Crippen molar-refractivity contribution in [1.82, 2.24) is 4.90 Å². The van der Waals surface area contributed by atoms with Gasteiger partial charge in [0.1, 0.15) is 12.4 Å². The van der Waals surface area contributed by atoms with Crippen molar-refractivity contribution >= 4 is 29.3 Å². The van der Waals surface area contributed by atoms with Crippen LogP contribution in [0.5, 0.6) is 5.75 Å². The lowest BCUT2D eigenvalue weighted by Crippen LogP contribution is -2.30. The fourth-order valence-corrected chi connectivity index (χ4v) is 2.42. The van der Waals surface area contributed by atoms with Gasteiger partial charge in [0.25, 0.3) is 5.91 Å². The first-order valence-corrected chi connectivity index (χ1v) is 8.48. The summed E-state index contributed by atoms with van der Waals surface area (Å²) < 4.78 is 5.60. The van der Waals surface area contributed by atoms with E-state index >= 15 is 0 Å². The molecule has 0 spiro atoms. The van der Waals surface area contributed by atoms with E-state index in [1.807, 2.05) is 42.7 Å². The number of carbonyl (C=O) groups excluding carboxylic acids is 1. The van der Waals surface area contributed by atoms with Crippen molar-refractivity contribution in [2.45, 2.75) is 4.90 Å². The van der Waals surface area contributed by atoms with E-state index in [4.69, 9.17) is 16.3 Å². The van der Waals surface area contributed by atoms with E-state index in [0.717, 1.165) is 10.6 Å². The summed E-state index contributed by atoms with van der Waals surface area (Å²) in [6, 6.07) is 14.8. The Balaban J connectivity index is 1.84. The molecule has 0 unspecified atom stereocenters. The highest BCUT2D eigenvalue weighted by atomic mass is 35.5. The number of hydrogen-bond donors (Lipinski definition) is 0. The molecule has 5 heteroatoms. The molecule has 0 aliphatic rings. The second-order valence-electron chi connectivity index (χ2n) is 4.76. The molecule has 22 heavy (non-hydrogen) atoms. The molecule has 0 aliphatic heterocycles. The van der Waals surface area contributed by atoms with E-state index in [2.05, 4.69) is 0 Å². The fraction of sp³-hybridized carbons (Fsp3) is 0.235. The minimum atomic E-state index is -0.00707. The molecule has 0 N–H and O–H groups in total. The third-order valence-electron chi connectivity index (χ3n) is 3.19. The molecule has 0 aliphatic carbocycles. The monoisotopic (exact) mass is 335 g/mol. The van der Waals surface area contributed by atoms with Crippen molar-refractivity contribution in [2.75, 3.05) is 26.5 Å². The highest BCUT2D eigenvalue weighted by molar-refractivity contribution is 7.98. The molecule has 0 fully saturated rings. The molecule has 116 valence electrons. The minimum absolute atomic E-state index is 0.00707. The van der Waals surface area contributed by atoms with Crippen molar-refractivity contribution in [3.05, 3.63) is 59.1 Å². The van der Waals surface area contributed by atoms with Gasteiger partial charge in [0, 0.05) is 22.5 Å². The third-order valence-corrected chi connectivity index (χ3v) is 4.19. The number of amides is 1. The van der Waals surface area contributed by atoms with E-state index in [9.17, 15) is 4.79 Å². The van der Waals surface area contributed by atoms with Crippen LogP contribution < -0.4 is 4.74 Å². The van der Waals surface area contributed by atoms with Gasteiger partial charge in [-0.25, -0.2) is 0 Å². The molecule has 0 bridgehead atoms. The molecule has 0 saturated carbocycles. The van der Waals surface area contributed by atoms with Crippen LogP contribution in [0, 0.1) is 0 Å². The van der Waals surface area contributed by atoms with E-state index in [1.165, 1.54) is 0 Å². The Kier molecular flexibility index (Phi) is 6.16. The Morgan fingerprint density at radius 3 is 2.36 bits per heavy atom. The van der Waals surface area contributed by atoms with Gasteiger partial charge >= 0.3 is 0 Å². The van der Waals surface area contributed by atoms with Gasteiger partial charge in [0.05, 0.1) is 6.54 Å². The number of ether oxygens (including phenoxy) is 1. The number of benzene rings is 2. The van der Waals surface area contributed by atoms with Gasteiger partial charge in [-0.05, 0) is 54.8 Å². The zero-order valence-electron chi connectivity index (χ0n) is 12.6. The first-order valence-electron chi connectivity index (χ1n) is 6.88. The van der Waals surface area contributed by atoms with Crippen LogP contribution in [0.3, 0.4) is 0 Å². The predicted octanol–water partition coefficient (Wildman–Crippen LogP) is 4.21. The van der Waals surface area contributed by atoms with Gasteiger partial charge in [-0.1, -0.05) is 11.6 Å². The molecule has 2 rings (SSSR count). The van der Waals surface area contributed by atoms with E-state index in [0.29, 0.717) is 23.7 Å². The average molecular weight is 336 g/mol. The van der Waals surface area contributed by atoms with Crippen molar-refractivity contribution in [3.8, 4) is 5.75 Å². The largest absolute Gasteiger partial charge is 0.492 e. The van der Waals surface area contributed by atoms with Gasteiger partial charge < -0.3 is 9.64 Å². The Morgan fingerprint density at radius 1 is 1.14 bits per heavy atom. The summed E-state index contributed by atoms with van der Waals surface area (Å²) in [5, 5.41) is 0.674. The van der Waals surface area contributed by atoms with E-state index in [-0.39, 0.29) is 5.91 Å². The van der Waals surface area contributed by atoms with Crippen LogP contribution in [-0.2, 0) is 0 Å². The van der Waals surface area contributed by atoms with Crippen LogP contribution in [0.25, 0.3) is 0 Å². The molecule has 3 nitrogen and oxygen atoms in total. The molecule has 0 saturated heterocycles. The Morgan fingerprint density at radius 2 is 1.77 bits per heavy atom. The van der Waals surface area contributed by atoms with Crippen LogP contribution in [0.2, 0.25) is 5.02 Å². The Labute approximate surface area is 140 Å². The van der Waals surface area contributed by atoms with Crippen LogP contribution >= 0.6 is 23.4 Å². The average Bonchev–Trinajstić information content (AvgIpc) is 2.56. The lowest BCUT2D eigenvalue weighted by molar-refractivity contribution is 0.0773. The minimum Gasteiger partial charge on any atom is -0.492 e. The summed E-state index contributed by atoms with van der Waals surface area (Å²) in [5.41, 5.74) is 0.687. The molecular formula is C17H18ClNO2S. The van der Waals surface area contributed by atoms with Crippen molar-refractivity contribution in [2.24, 2.45) is 0 Å². The number of carbonyl (C=O) groups is 1. The van der Waals surface area contributed by atoms with Gasteiger partial charge in [-0.3, -0.25) is 4.79 Å². The van der Waals surface area contributed by atoms with Gasteiger partial charge in [-0.2, -0.15) is 0 Å². The molecule has 0 aromatic heterocycles. The summed E-state index contributed by atoms with van der Waals surface area (Å²) >= 11 is 7.47. The van der Waals surface area contributed by atoms with Gasteiger partial charge in [-0.15, -0.1) is 11.8 Å². The van der Waals surface area contributed by atoms with Crippen LogP contribution in [0.4, 0.5) is 0 Å². The standard InChI is InChI=1S/C17H18ClNO2S/c1-19(11-12-21-15-7-5-14(18)6-8-15)17(20)13-3-9-16(22-2)10-4-13/h3-10H,11-12H2,1-2H3. The highest BCUT2D eigenvalue weighted by Gasteiger charge is 2.11. The molecular weight excluding hydrogens is 318 g/mol. The van der Waals surface area contributed by atoms with Crippen molar-refractivity contribution in [3.63, 3.8) is 0 Å².